The van der Waals surface area contributed by atoms with Crippen LogP contribution in [0.5, 0.6) is 0 Å². The predicted octanol–water partition coefficient (Wildman–Crippen LogP) is 1.62. The Balaban J connectivity index is 2.27. The lowest BCUT2D eigenvalue weighted by Crippen LogP contribution is -2.68. The summed E-state index contributed by atoms with van der Waals surface area (Å²) in [5.41, 5.74) is 1.11. The summed E-state index contributed by atoms with van der Waals surface area (Å²) in [6.45, 7) is 6.39. The first-order valence-electron chi connectivity index (χ1n) is 8.27. The van der Waals surface area contributed by atoms with E-state index >= 15 is 0 Å². The van der Waals surface area contributed by atoms with Gasteiger partial charge in [-0.2, -0.15) is 0 Å². The third-order valence-corrected chi connectivity index (χ3v) is 4.72. The van der Waals surface area contributed by atoms with Gasteiger partial charge < -0.3 is 14.9 Å². The number of amides is 2. The first-order valence-corrected chi connectivity index (χ1v) is 8.27. The molecule has 0 radical (unpaired) electrons. The van der Waals surface area contributed by atoms with Crippen LogP contribution in [-0.4, -0.2) is 58.5 Å². The number of aliphatic hydroxyl groups is 1. The summed E-state index contributed by atoms with van der Waals surface area (Å²) < 4.78 is 0. The minimum atomic E-state index is -0.213. The van der Waals surface area contributed by atoms with Gasteiger partial charge in [-0.05, 0) is 12.5 Å². The van der Waals surface area contributed by atoms with Crippen molar-refractivity contribution >= 4 is 11.8 Å². The zero-order valence-corrected chi connectivity index (χ0v) is 14.1. The Hall–Kier alpha value is -1.88. The van der Waals surface area contributed by atoms with E-state index in [1.165, 1.54) is 6.92 Å². The Labute approximate surface area is 137 Å². The molecule has 1 saturated heterocycles. The molecule has 5 heteroatoms. The number of hydrogen-bond acceptors (Lipinski definition) is 3. The van der Waals surface area contributed by atoms with Gasteiger partial charge in [-0.25, -0.2) is 0 Å². The van der Waals surface area contributed by atoms with Crippen molar-refractivity contribution in [3.05, 3.63) is 35.9 Å². The van der Waals surface area contributed by atoms with Gasteiger partial charge in [0.1, 0.15) is 0 Å². The standard InChI is InChI=1S/C18H26N2O3/c1-4-17(23)19(5-2)11-15-18(14-9-7-6-8-10-14)16(12-21)20(15)13(3)22/h6-10,15-16,18,21H,4-5,11-12H2,1-3H3/t15-,16+,18-/m0/s1. The minimum absolute atomic E-state index is 0.0544. The fraction of sp³-hybridized carbons (Fsp3) is 0.556. The first kappa shape index (κ1) is 17.5. The quantitative estimate of drug-likeness (QED) is 0.867. The summed E-state index contributed by atoms with van der Waals surface area (Å²) in [4.78, 5) is 27.6. The molecule has 126 valence electrons. The van der Waals surface area contributed by atoms with Crippen LogP contribution >= 0.6 is 0 Å². The number of nitrogens with zero attached hydrogens (tertiary/aromatic N) is 2. The second-order valence-corrected chi connectivity index (χ2v) is 5.97. The molecule has 0 aromatic heterocycles. The van der Waals surface area contributed by atoms with Crippen molar-refractivity contribution < 1.29 is 14.7 Å². The molecule has 23 heavy (non-hydrogen) atoms. The average Bonchev–Trinajstić information content (AvgIpc) is 2.54. The number of benzene rings is 1. The minimum Gasteiger partial charge on any atom is -0.394 e. The van der Waals surface area contributed by atoms with Crippen molar-refractivity contribution in [1.82, 2.24) is 9.80 Å². The molecular formula is C18H26N2O3. The highest BCUT2D eigenvalue weighted by molar-refractivity contribution is 5.77. The van der Waals surface area contributed by atoms with E-state index in [1.54, 1.807) is 9.80 Å². The van der Waals surface area contributed by atoms with Crippen molar-refractivity contribution in [3.8, 4) is 0 Å². The Morgan fingerprint density at radius 1 is 1.17 bits per heavy atom. The molecule has 0 aliphatic carbocycles. The number of likely N-dealkylation sites (tertiary alicyclic amines) is 1. The fourth-order valence-corrected chi connectivity index (χ4v) is 3.59. The van der Waals surface area contributed by atoms with Crippen LogP contribution in [0, 0.1) is 0 Å². The van der Waals surface area contributed by atoms with Crippen LogP contribution in [0.1, 0.15) is 38.7 Å². The molecule has 0 bridgehead atoms. The van der Waals surface area contributed by atoms with Crippen LogP contribution in [0.2, 0.25) is 0 Å². The van der Waals surface area contributed by atoms with Crippen LogP contribution in [0.25, 0.3) is 0 Å². The highest BCUT2D eigenvalue weighted by Gasteiger charge is 2.50. The molecule has 0 saturated carbocycles. The monoisotopic (exact) mass is 318 g/mol. The number of aliphatic hydroxyl groups excluding tert-OH is 1. The molecule has 1 aliphatic heterocycles. The first-order chi connectivity index (χ1) is 11.0. The highest BCUT2D eigenvalue weighted by atomic mass is 16.3. The Bertz CT molecular complexity index is 546. The Morgan fingerprint density at radius 2 is 1.83 bits per heavy atom. The third kappa shape index (κ3) is 3.39. The van der Waals surface area contributed by atoms with E-state index in [9.17, 15) is 14.7 Å². The van der Waals surface area contributed by atoms with Crippen molar-refractivity contribution in [2.24, 2.45) is 0 Å². The molecule has 2 amide bonds. The maximum Gasteiger partial charge on any atom is 0.222 e. The van der Waals surface area contributed by atoms with E-state index in [0.717, 1.165) is 5.56 Å². The molecule has 1 N–H and O–H groups in total. The van der Waals surface area contributed by atoms with Crippen LogP contribution in [-0.2, 0) is 9.59 Å². The van der Waals surface area contributed by atoms with Crippen LogP contribution < -0.4 is 0 Å². The van der Waals surface area contributed by atoms with Gasteiger partial charge in [-0.15, -0.1) is 0 Å². The van der Waals surface area contributed by atoms with E-state index < -0.39 is 0 Å². The van der Waals surface area contributed by atoms with Gasteiger partial charge >= 0.3 is 0 Å². The van der Waals surface area contributed by atoms with Crippen LogP contribution in [0.15, 0.2) is 30.3 Å². The summed E-state index contributed by atoms with van der Waals surface area (Å²) in [5.74, 6) is 0.0975. The number of hydrogen-bond donors (Lipinski definition) is 1. The zero-order chi connectivity index (χ0) is 17.0. The van der Waals surface area contributed by atoms with Crippen molar-refractivity contribution in [3.63, 3.8) is 0 Å². The Kier molecular flexibility index (Phi) is 5.77. The molecule has 2 rings (SSSR count). The van der Waals surface area contributed by atoms with Gasteiger partial charge in [0.25, 0.3) is 0 Å². The van der Waals surface area contributed by atoms with E-state index in [1.807, 2.05) is 44.2 Å². The summed E-state index contributed by atoms with van der Waals surface area (Å²) >= 11 is 0. The van der Waals surface area contributed by atoms with Crippen molar-refractivity contribution in [2.45, 2.75) is 45.2 Å². The Morgan fingerprint density at radius 3 is 2.30 bits per heavy atom. The molecule has 3 atom stereocenters. The summed E-state index contributed by atoms with van der Waals surface area (Å²) in [5, 5.41) is 9.73. The van der Waals surface area contributed by atoms with E-state index in [-0.39, 0.29) is 36.4 Å². The predicted molar refractivity (Wildman–Crippen MR) is 88.9 cm³/mol. The lowest BCUT2D eigenvalue weighted by molar-refractivity contribution is -0.152. The molecular weight excluding hydrogens is 292 g/mol. The van der Waals surface area contributed by atoms with Crippen molar-refractivity contribution in [2.75, 3.05) is 19.7 Å². The van der Waals surface area contributed by atoms with Gasteiger partial charge in [0, 0.05) is 32.4 Å². The summed E-state index contributed by atoms with van der Waals surface area (Å²) in [6.07, 6.45) is 0.458. The second-order valence-electron chi connectivity index (χ2n) is 5.97. The molecule has 1 aromatic rings. The van der Waals surface area contributed by atoms with Crippen LogP contribution in [0.3, 0.4) is 0 Å². The lowest BCUT2D eigenvalue weighted by atomic mass is 9.74. The topological polar surface area (TPSA) is 60.9 Å². The smallest absolute Gasteiger partial charge is 0.222 e. The molecule has 0 spiro atoms. The molecule has 1 aliphatic rings. The van der Waals surface area contributed by atoms with Crippen LogP contribution in [0.4, 0.5) is 0 Å². The number of carbonyl (C=O) groups is 2. The SMILES string of the molecule is CCC(=O)N(CC)C[C@H]1[C@H](c2ccccc2)[C@@H](CO)N1C(C)=O. The fourth-order valence-electron chi connectivity index (χ4n) is 3.59. The van der Waals surface area contributed by atoms with Gasteiger partial charge in [-0.1, -0.05) is 37.3 Å². The highest BCUT2D eigenvalue weighted by Crippen LogP contribution is 2.41. The number of likely N-dealkylation sites (N-methyl/N-ethyl adjacent to an activating group) is 1. The van der Waals surface area contributed by atoms with E-state index in [0.29, 0.717) is 19.5 Å². The summed E-state index contributed by atoms with van der Waals surface area (Å²) in [6, 6.07) is 9.63. The normalized spacial score (nSPS) is 23.3. The molecule has 0 unspecified atom stereocenters. The zero-order valence-electron chi connectivity index (χ0n) is 14.1. The number of rotatable bonds is 6. The average molecular weight is 318 g/mol. The maximum atomic E-state index is 12.1. The summed E-state index contributed by atoms with van der Waals surface area (Å²) in [7, 11) is 0. The number of carbonyl (C=O) groups excluding carboxylic acids is 2. The molecule has 1 heterocycles. The van der Waals surface area contributed by atoms with Gasteiger partial charge in [-0.3, -0.25) is 9.59 Å². The van der Waals surface area contributed by atoms with Crippen molar-refractivity contribution in [1.29, 1.82) is 0 Å². The largest absolute Gasteiger partial charge is 0.394 e. The van der Waals surface area contributed by atoms with Gasteiger partial charge in [0.05, 0.1) is 18.7 Å². The van der Waals surface area contributed by atoms with Gasteiger partial charge in [0.2, 0.25) is 11.8 Å². The molecule has 5 nitrogen and oxygen atoms in total. The molecule has 1 aromatic carbocycles. The molecule has 1 fully saturated rings. The maximum absolute atomic E-state index is 12.1. The van der Waals surface area contributed by atoms with Gasteiger partial charge in [0.15, 0.2) is 0 Å². The third-order valence-electron chi connectivity index (χ3n) is 4.72. The van der Waals surface area contributed by atoms with E-state index in [2.05, 4.69) is 0 Å². The lowest BCUT2D eigenvalue weighted by Gasteiger charge is -2.55. The second kappa shape index (κ2) is 7.59. The van der Waals surface area contributed by atoms with E-state index in [4.69, 9.17) is 0 Å².